The van der Waals surface area contributed by atoms with Gasteiger partial charge in [0.05, 0.1) is 38.2 Å². The third kappa shape index (κ3) is 5.71. The molecule has 2 saturated heterocycles. The molecule has 3 aliphatic heterocycles. The molecule has 1 unspecified atom stereocenters. The van der Waals surface area contributed by atoms with Crippen molar-refractivity contribution in [3.8, 4) is 22.8 Å². The van der Waals surface area contributed by atoms with E-state index >= 15 is 0 Å². The Balaban J connectivity index is 1.26. The SMILES string of the molecule is O=C(c1ccc2cc1OCCCCOc1cc(ccc1F)-c1nc(ncc1F)N2)N1CCC(N2CCOCC2)C1. The average molecular weight is 552 g/mol. The van der Waals surface area contributed by atoms with Gasteiger partial charge in [0, 0.05) is 49.5 Å². The van der Waals surface area contributed by atoms with Gasteiger partial charge in [-0.1, -0.05) is 0 Å². The summed E-state index contributed by atoms with van der Waals surface area (Å²) in [6.07, 6.45) is 3.22. The van der Waals surface area contributed by atoms with Crippen LogP contribution in [0.1, 0.15) is 29.6 Å². The molecule has 6 rings (SSSR count). The maximum Gasteiger partial charge on any atom is 0.257 e. The van der Waals surface area contributed by atoms with Crippen LogP contribution in [0.3, 0.4) is 0 Å². The predicted molar refractivity (Wildman–Crippen MR) is 144 cm³/mol. The molecule has 1 aromatic heterocycles. The van der Waals surface area contributed by atoms with Gasteiger partial charge in [0.15, 0.2) is 17.4 Å². The van der Waals surface area contributed by atoms with Gasteiger partial charge < -0.3 is 24.4 Å². The summed E-state index contributed by atoms with van der Waals surface area (Å²) in [5.41, 5.74) is 1.45. The second-order valence-electron chi connectivity index (χ2n) is 10.1. The van der Waals surface area contributed by atoms with Crippen LogP contribution in [0.25, 0.3) is 11.3 Å². The third-order valence-corrected chi connectivity index (χ3v) is 7.48. The molecule has 2 aromatic carbocycles. The van der Waals surface area contributed by atoms with E-state index in [4.69, 9.17) is 14.2 Å². The summed E-state index contributed by atoms with van der Waals surface area (Å²) in [7, 11) is 0. The molecule has 0 aliphatic carbocycles. The molecule has 0 saturated carbocycles. The van der Waals surface area contributed by atoms with Crippen LogP contribution in [-0.4, -0.2) is 84.3 Å². The van der Waals surface area contributed by atoms with Gasteiger partial charge in [-0.05, 0) is 49.6 Å². The number of amides is 1. The van der Waals surface area contributed by atoms with Crippen LogP contribution in [0, 0.1) is 11.6 Å². The first-order chi connectivity index (χ1) is 19.5. The molecule has 4 heterocycles. The lowest BCUT2D eigenvalue weighted by Crippen LogP contribution is -2.45. The van der Waals surface area contributed by atoms with Crippen molar-refractivity contribution in [1.82, 2.24) is 19.8 Å². The Morgan fingerprint density at radius 2 is 1.73 bits per heavy atom. The van der Waals surface area contributed by atoms with E-state index in [1.165, 1.54) is 18.2 Å². The van der Waals surface area contributed by atoms with Crippen LogP contribution in [0.4, 0.5) is 20.4 Å². The zero-order chi connectivity index (χ0) is 27.5. The number of anilines is 2. The number of fused-ring (bicyclic) bond motifs is 7. The molecule has 0 radical (unpaired) electrons. The van der Waals surface area contributed by atoms with E-state index in [1.807, 2.05) is 4.90 Å². The summed E-state index contributed by atoms with van der Waals surface area (Å²) in [4.78, 5) is 26.3. The molecule has 1 amide bonds. The molecule has 1 atom stereocenters. The molecule has 9 nitrogen and oxygen atoms in total. The highest BCUT2D eigenvalue weighted by Gasteiger charge is 2.32. The van der Waals surface area contributed by atoms with Gasteiger partial charge in [-0.2, -0.15) is 0 Å². The normalized spacial score (nSPS) is 19.9. The largest absolute Gasteiger partial charge is 0.493 e. The zero-order valence-electron chi connectivity index (χ0n) is 22.1. The van der Waals surface area contributed by atoms with E-state index in [1.54, 1.807) is 18.2 Å². The quantitative estimate of drug-likeness (QED) is 0.506. The van der Waals surface area contributed by atoms with E-state index in [0.29, 0.717) is 61.1 Å². The Hall–Kier alpha value is -3.83. The molecule has 2 fully saturated rings. The third-order valence-electron chi connectivity index (χ3n) is 7.48. The summed E-state index contributed by atoms with van der Waals surface area (Å²) < 4.78 is 46.2. The van der Waals surface area contributed by atoms with Crippen molar-refractivity contribution in [2.75, 3.05) is 57.9 Å². The van der Waals surface area contributed by atoms with Crippen molar-refractivity contribution in [1.29, 1.82) is 0 Å². The van der Waals surface area contributed by atoms with Crippen LogP contribution in [0.15, 0.2) is 42.6 Å². The molecule has 11 heteroatoms. The highest BCUT2D eigenvalue weighted by atomic mass is 19.1. The highest BCUT2D eigenvalue weighted by Crippen LogP contribution is 2.31. The molecule has 6 bridgehead atoms. The summed E-state index contributed by atoms with van der Waals surface area (Å²) in [6, 6.07) is 9.69. The molecule has 210 valence electrons. The first-order valence-corrected chi connectivity index (χ1v) is 13.7. The van der Waals surface area contributed by atoms with Gasteiger partial charge >= 0.3 is 0 Å². The summed E-state index contributed by atoms with van der Waals surface area (Å²) in [5, 5.41) is 3.08. The number of nitrogens with one attached hydrogen (secondary N) is 1. The Morgan fingerprint density at radius 1 is 0.925 bits per heavy atom. The van der Waals surface area contributed by atoms with E-state index in [0.717, 1.165) is 38.9 Å². The number of carbonyl (C=O) groups excluding carboxylic acids is 1. The van der Waals surface area contributed by atoms with E-state index in [2.05, 4.69) is 20.2 Å². The summed E-state index contributed by atoms with van der Waals surface area (Å²) in [5.74, 6) is -0.647. The van der Waals surface area contributed by atoms with E-state index in [9.17, 15) is 13.6 Å². The molecule has 40 heavy (non-hydrogen) atoms. The standard InChI is InChI=1S/C29H31F2N5O4/c30-23-6-3-19-15-26(23)40-12-2-1-11-39-25-16-20(33-29-32-17-24(31)27(19)34-29)4-5-22(25)28(37)36-8-7-21(18-36)35-9-13-38-14-10-35/h3-6,15-17,21H,1-2,7-14,18H2,(H,32,33,34). The molecule has 3 aliphatic rings. The number of morpholine rings is 1. The molecular formula is C29H31F2N5O4. The molecule has 0 spiro atoms. The van der Waals surface area contributed by atoms with Crippen LogP contribution in [0.5, 0.6) is 11.5 Å². The van der Waals surface area contributed by atoms with Gasteiger partial charge in [0.1, 0.15) is 11.4 Å². The fourth-order valence-electron chi connectivity index (χ4n) is 5.32. The topological polar surface area (TPSA) is 89.0 Å². The van der Waals surface area contributed by atoms with Gasteiger partial charge in [-0.25, -0.2) is 18.7 Å². The van der Waals surface area contributed by atoms with Crippen molar-refractivity contribution in [2.24, 2.45) is 0 Å². The first-order valence-electron chi connectivity index (χ1n) is 13.7. The number of aromatic nitrogens is 2. The fourth-order valence-corrected chi connectivity index (χ4v) is 5.32. The Kier molecular flexibility index (Phi) is 7.74. The molecule has 3 aromatic rings. The summed E-state index contributed by atoms with van der Waals surface area (Å²) in [6.45, 7) is 5.17. The van der Waals surface area contributed by atoms with Crippen molar-refractivity contribution < 1.29 is 27.8 Å². The first kappa shape index (κ1) is 26.4. The van der Waals surface area contributed by atoms with Crippen LogP contribution >= 0.6 is 0 Å². The van der Waals surface area contributed by atoms with E-state index < -0.39 is 11.6 Å². The second-order valence-corrected chi connectivity index (χ2v) is 10.1. The van der Waals surface area contributed by atoms with Gasteiger partial charge in [-0.15, -0.1) is 0 Å². The minimum Gasteiger partial charge on any atom is -0.493 e. The summed E-state index contributed by atoms with van der Waals surface area (Å²) >= 11 is 0. The average Bonchev–Trinajstić information content (AvgIpc) is 3.47. The van der Waals surface area contributed by atoms with Crippen molar-refractivity contribution >= 4 is 17.5 Å². The Labute approximate surface area is 231 Å². The number of hydrogen-bond acceptors (Lipinski definition) is 8. The number of rotatable bonds is 2. The number of ether oxygens (including phenoxy) is 3. The number of likely N-dealkylation sites (tertiary alicyclic amines) is 1. The Bertz CT molecular complexity index is 1380. The number of hydrogen-bond donors (Lipinski definition) is 1. The van der Waals surface area contributed by atoms with Crippen molar-refractivity contribution in [3.05, 3.63) is 59.8 Å². The van der Waals surface area contributed by atoms with E-state index in [-0.39, 0.29) is 29.9 Å². The van der Waals surface area contributed by atoms with Gasteiger partial charge in [0.25, 0.3) is 5.91 Å². The zero-order valence-corrected chi connectivity index (χ0v) is 22.1. The lowest BCUT2D eigenvalue weighted by atomic mass is 10.1. The van der Waals surface area contributed by atoms with Crippen molar-refractivity contribution in [3.63, 3.8) is 0 Å². The fraction of sp³-hybridized carbons (Fsp3) is 0.414. The second kappa shape index (κ2) is 11.7. The van der Waals surface area contributed by atoms with Gasteiger partial charge in [-0.3, -0.25) is 9.69 Å². The van der Waals surface area contributed by atoms with Gasteiger partial charge in [0.2, 0.25) is 5.95 Å². The van der Waals surface area contributed by atoms with Crippen LogP contribution in [-0.2, 0) is 4.74 Å². The predicted octanol–water partition coefficient (Wildman–Crippen LogP) is 4.26. The minimum atomic E-state index is -0.643. The number of nitrogens with zero attached hydrogens (tertiary/aromatic N) is 4. The monoisotopic (exact) mass is 551 g/mol. The minimum absolute atomic E-state index is 0.0153. The lowest BCUT2D eigenvalue weighted by molar-refractivity contribution is 0.0185. The molecule has 1 N–H and O–H groups in total. The van der Waals surface area contributed by atoms with Crippen LogP contribution < -0.4 is 14.8 Å². The smallest absolute Gasteiger partial charge is 0.257 e. The maximum atomic E-state index is 14.7. The highest BCUT2D eigenvalue weighted by molar-refractivity contribution is 5.97. The van der Waals surface area contributed by atoms with Crippen LogP contribution in [0.2, 0.25) is 0 Å². The Morgan fingerprint density at radius 3 is 2.55 bits per heavy atom. The van der Waals surface area contributed by atoms with Crippen molar-refractivity contribution in [2.45, 2.75) is 25.3 Å². The molecular weight excluding hydrogens is 520 g/mol. The number of carbonyl (C=O) groups is 1. The number of benzene rings is 2. The lowest BCUT2D eigenvalue weighted by Gasteiger charge is -2.32. The maximum absolute atomic E-state index is 14.7. The number of halogens is 2.